The van der Waals surface area contributed by atoms with Crippen molar-refractivity contribution in [2.75, 3.05) is 5.88 Å². The number of amides is 1. The third kappa shape index (κ3) is 3.82. The Hall–Kier alpha value is -1.42. The summed E-state index contributed by atoms with van der Waals surface area (Å²) >= 11 is 5.64. The number of halogens is 1. The number of alkyl halides is 1. The second-order valence-electron chi connectivity index (χ2n) is 4.48. The van der Waals surface area contributed by atoms with Crippen LogP contribution in [0.1, 0.15) is 30.6 Å². The lowest BCUT2D eigenvalue weighted by atomic mass is 10.0. The minimum absolute atomic E-state index is 0.249. The highest BCUT2D eigenvalue weighted by Gasteiger charge is 2.20. The average molecular weight is 258 g/mol. The molecule has 0 aliphatic heterocycles. The van der Waals surface area contributed by atoms with Gasteiger partial charge in [-0.05, 0) is 38.5 Å². The fourth-order valence-electron chi connectivity index (χ4n) is 1.34. The van der Waals surface area contributed by atoms with E-state index in [1.165, 1.54) is 18.2 Å². The van der Waals surface area contributed by atoms with E-state index in [9.17, 15) is 9.90 Å². The van der Waals surface area contributed by atoms with Crippen molar-refractivity contribution in [3.05, 3.63) is 23.8 Å². The monoisotopic (exact) mass is 257 g/mol. The summed E-state index contributed by atoms with van der Waals surface area (Å²) < 4.78 is 0. The van der Waals surface area contributed by atoms with Gasteiger partial charge in [0.15, 0.2) is 11.5 Å². The second kappa shape index (κ2) is 5.27. The van der Waals surface area contributed by atoms with Crippen LogP contribution >= 0.6 is 11.6 Å². The molecule has 4 nitrogen and oxygen atoms in total. The van der Waals surface area contributed by atoms with E-state index in [1.54, 1.807) is 0 Å². The van der Waals surface area contributed by atoms with Crippen LogP contribution in [0, 0.1) is 0 Å². The Balaban J connectivity index is 2.80. The van der Waals surface area contributed by atoms with E-state index in [4.69, 9.17) is 16.7 Å². The molecule has 17 heavy (non-hydrogen) atoms. The molecule has 0 aliphatic carbocycles. The van der Waals surface area contributed by atoms with E-state index < -0.39 is 5.54 Å². The van der Waals surface area contributed by atoms with Gasteiger partial charge in [0, 0.05) is 17.0 Å². The summed E-state index contributed by atoms with van der Waals surface area (Å²) in [5, 5.41) is 21.2. The zero-order valence-corrected chi connectivity index (χ0v) is 10.6. The number of nitrogens with one attached hydrogen (secondary N) is 1. The fourth-order valence-corrected chi connectivity index (χ4v) is 1.82. The van der Waals surface area contributed by atoms with Gasteiger partial charge in [0.25, 0.3) is 5.91 Å². The SMILES string of the molecule is CC(C)(CCCl)NC(=O)c1ccc(O)c(O)c1. The highest BCUT2D eigenvalue weighted by molar-refractivity contribution is 6.17. The van der Waals surface area contributed by atoms with Gasteiger partial charge in [-0.2, -0.15) is 0 Å². The van der Waals surface area contributed by atoms with Gasteiger partial charge in [-0.3, -0.25) is 4.79 Å². The van der Waals surface area contributed by atoms with Crippen LogP contribution in [0.2, 0.25) is 0 Å². The molecule has 1 amide bonds. The lowest BCUT2D eigenvalue weighted by Gasteiger charge is -2.25. The third-order valence-corrected chi connectivity index (χ3v) is 2.60. The van der Waals surface area contributed by atoms with E-state index in [2.05, 4.69) is 5.32 Å². The molecule has 0 heterocycles. The number of phenolic OH excluding ortho intramolecular Hbond substituents is 2. The topological polar surface area (TPSA) is 69.6 Å². The molecule has 94 valence electrons. The third-order valence-electron chi connectivity index (χ3n) is 2.41. The van der Waals surface area contributed by atoms with Gasteiger partial charge in [-0.1, -0.05) is 0 Å². The molecule has 0 spiro atoms. The maximum Gasteiger partial charge on any atom is 0.251 e. The van der Waals surface area contributed by atoms with Gasteiger partial charge in [0.2, 0.25) is 0 Å². The van der Waals surface area contributed by atoms with E-state index in [0.717, 1.165) is 0 Å². The maximum atomic E-state index is 11.9. The highest BCUT2D eigenvalue weighted by atomic mass is 35.5. The Morgan fingerprint density at radius 2 is 2.00 bits per heavy atom. The van der Waals surface area contributed by atoms with Gasteiger partial charge >= 0.3 is 0 Å². The van der Waals surface area contributed by atoms with Gasteiger partial charge in [0.1, 0.15) is 0 Å². The van der Waals surface area contributed by atoms with Crippen molar-refractivity contribution in [1.82, 2.24) is 5.32 Å². The quantitative estimate of drug-likeness (QED) is 0.572. The molecule has 0 aromatic heterocycles. The predicted octanol–water partition coefficient (Wildman–Crippen LogP) is 2.24. The smallest absolute Gasteiger partial charge is 0.251 e. The maximum absolute atomic E-state index is 11.9. The van der Waals surface area contributed by atoms with Crippen LogP contribution in [0.4, 0.5) is 0 Å². The van der Waals surface area contributed by atoms with Crippen molar-refractivity contribution in [1.29, 1.82) is 0 Å². The van der Waals surface area contributed by atoms with E-state index in [-0.39, 0.29) is 17.4 Å². The van der Waals surface area contributed by atoms with Crippen LogP contribution in [0.5, 0.6) is 11.5 Å². The number of carbonyl (C=O) groups excluding carboxylic acids is 1. The molecular weight excluding hydrogens is 242 g/mol. The fraction of sp³-hybridized carbons (Fsp3) is 0.417. The Kier molecular flexibility index (Phi) is 4.23. The van der Waals surface area contributed by atoms with Gasteiger partial charge in [0.05, 0.1) is 0 Å². The van der Waals surface area contributed by atoms with E-state index in [0.29, 0.717) is 17.9 Å². The normalized spacial score (nSPS) is 11.2. The van der Waals surface area contributed by atoms with Gasteiger partial charge in [-0.25, -0.2) is 0 Å². The lowest BCUT2D eigenvalue weighted by molar-refractivity contribution is 0.0911. The van der Waals surface area contributed by atoms with Crippen LogP contribution < -0.4 is 5.32 Å². The number of aromatic hydroxyl groups is 2. The summed E-state index contributed by atoms with van der Waals surface area (Å²) in [7, 11) is 0. The first kappa shape index (κ1) is 13.6. The number of carbonyl (C=O) groups is 1. The van der Waals surface area contributed by atoms with Crippen molar-refractivity contribution < 1.29 is 15.0 Å². The average Bonchev–Trinajstić information content (AvgIpc) is 2.21. The number of hydrogen-bond donors (Lipinski definition) is 3. The first-order chi connectivity index (χ1) is 7.85. The van der Waals surface area contributed by atoms with Crippen LogP contribution in [-0.2, 0) is 0 Å². The van der Waals surface area contributed by atoms with Crippen molar-refractivity contribution >= 4 is 17.5 Å². The molecule has 0 bridgehead atoms. The number of hydrogen-bond acceptors (Lipinski definition) is 3. The zero-order valence-electron chi connectivity index (χ0n) is 9.83. The summed E-state index contributed by atoms with van der Waals surface area (Å²) in [5.74, 6) is -0.418. The Labute approximate surface area is 105 Å². The molecule has 0 radical (unpaired) electrons. The molecule has 0 unspecified atom stereocenters. The first-order valence-electron chi connectivity index (χ1n) is 5.26. The van der Waals surface area contributed by atoms with Crippen molar-refractivity contribution in [2.45, 2.75) is 25.8 Å². The predicted molar refractivity (Wildman–Crippen MR) is 66.7 cm³/mol. The molecule has 1 rings (SSSR count). The van der Waals surface area contributed by atoms with Gasteiger partial charge < -0.3 is 15.5 Å². The standard InChI is InChI=1S/C12H16ClNO3/c1-12(2,5-6-13)14-11(17)8-3-4-9(15)10(16)7-8/h3-4,7,15-16H,5-6H2,1-2H3,(H,14,17). The Morgan fingerprint density at radius 1 is 1.35 bits per heavy atom. The largest absolute Gasteiger partial charge is 0.504 e. The molecule has 0 saturated carbocycles. The molecule has 0 fully saturated rings. The summed E-state index contributed by atoms with van der Waals surface area (Å²) in [6.45, 7) is 3.74. The zero-order chi connectivity index (χ0) is 13.1. The Bertz CT molecular complexity index is 418. The molecule has 0 saturated heterocycles. The molecular formula is C12H16ClNO3. The van der Waals surface area contributed by atoms with E-state index >= 15 is 0 Å². The highest BCUT2D eigenvalue weighted by Crippen LogP contribution is 2.25. The van der Waals surface area contributed by atoms with Crippen molar-refractivity contribution in [2.24, 2.45) is 0 Å². The molecule has 5 heteroatoms. The molecule has 0 aliphatic rings. The van der Waals surface area contributed by atoms with E-state index in [1.807, 2.05) is 13.8 Å². The molecule has 0 atom stereocenters. The van der Waals surface area contributed by atoms with Crippen molar-refractivity contribution in [3.8, 4) is 11.5 Å². The number of phenols is 2. The van der Waals surface area contributed by atoms with Crippen LogP contribution in [-0.4, -0.2) is 27.5 Å². The second-order valence-corrected chi connectivity index (χ2v) is 4.86. The summed E-state index contributed by atoms with van der Waals surface area (Å²) in [6, 6.07) is 3.95. The molecule has 1 aromatic carbocycles. The van der Waals surface area contributed by atoms with Gasteiger partial charge in [-0.15, -0.1) is 11.6 Å². The summed E-state index contributed by atoms with van der Waals surface area (Å²) in [5.41, 5.74) is -0.116. The van der Waals surface area contributed by atoms with Crippen LogP contribution in [0.3, 0.4) is 0 Å². The number of benzene rings is 1. The van der Waals surface area contributed by atoms with Crippen LogP contribution in [0.25, 0.3) is 0 Å². The summed E-state index contributed by atoms with van der Waals surface area (Å²) in [6.07, 6.45) is 0.643. The lowest BCUT2D eigenvalue weighted by Crippen LogP contribution is -2.43. The first-order valence-corrected chi connectivity index (χ1v) is 5.79. The minimum Gasteiger partial charge on any atom is -0.504 e. The number of rotatable bonds is 4. The Morgan fingerprint density at radius 3 is 2.53 bits per heavy atom. The minimum atomic E-state index is -0.410. The molecule has 1 aromatic rings. The van der Waals surface area contributed by atoms with Crippen LogP contribution in [0.15, 0.2) is 18.2 Å². The summed E-state index contributed by atoms with van der Waals surface area (Å²) in [4.78, 5) is 11.9. The molecule has 3 N–H and O–H groups in total. The van der Waals surface area contributed by atoms with Crippen molar-refractivity contribution in [3.63, 3.8) is 0 Å².